The monoisotopic (exact) mass is 282 g/mol. The van der Waals surface area contributed by atoms with E-state index in [4.69, 9.17) is 4.74 Å². The molecule has 0 unspecified atom stereocenters. The Morgan fingerprint density at radius 3 is 2.90 bits per heavy atom. The molecule has 20 heavy (non-hydrogen) atoms. The molecule has 3 N–H and O–H groups in total. The maximum absolute atomic E-state index is 13.3. The zero-order chi connectivity index (χ0) is 14.5. The summed E-state index contributed by atoms with van der Waals surface area (Å²) in [5.74, 6) is 0.176. The van der Waals surface area contributed by atoms with E-state index in [2.05, 4.69) is 10.6 Å². The number of anilines is 1. The van der Waals surface area contributed by atoms with Crippen LogP contribution >= 0.6 is 0 Å². The molecule has 1 fully saturated rings. The maximum Gasteiger partial charge on any atom is 0.319 e. The molecule has 1 saturated carbocycles. The molecule has 6 heteroatoms. The molecule has 1 aliphatic rings. The third-order valence-corrected chi connectivity index (χ3v) is 3.43. The zero-order valence-corrected chi connectivity index (χ0v) is 11.4. The number of hydrogen-bond donors (Lipinski definition) is 3. The lowest BCUT2D eigenvalue weighted by atomic mass is 10.1. The van der Waals surface area contributed by atoms with Crippen LogP contribution in [0.4, 0.5) is 14.9 Å². The van der Waals surface area contributed by atoms with E-state index in [0.29, 0.717) is 30.3 Å². The van der Waals surface area contributed by atoms with Gasteiger partial charge in [0.2, 0.25) is 0 Å². The molecule has 0 spiro atoms. The number of hydrogen-bond acceptors (Lipinski definition) is 3. The summed E-state index contributed by atoms with van der Waals surface area (Å²) >= 11 is 0. The summed E-state index contributed by atoms with van der Waals surface area (Å²) in [6, 6.07) is 3.62. The van der Waals surface area contributed by atoms with Crippen molar-refractivity contribution in [3.63, 3.8) is 0 Å². The molecule has 2 amide bonds. The van der Waals surface area contributed by atoms with E-state index in [1.807, 2.05) is 0 Å². The van der Waals surface area contributed by atoms with Crippen LogP contribution in [-0.2, 0) is 0 Å². The number of benzene rings is 1. The summed E-state index contributed by atoms with van der Waals surface area (Å²) in [6.45, 7) is 0.509. The lowest BCUT2D eigenvalue weighted by Gasteiger charge is -2.12. The lowest BCUT2D eigenvalue weighted by Crippen LogP contribution is -2.32. The minimum atomic E-state index is -0.474. The van der Waals surface area contributed by atoms with Crippen LogP contribution in [0.5, 0.6) is 5.75 Å². The average Bonchev–Trinajstić information content (AvgIpc) is 2.81. The number of nitrogens with one attached hydrogen (secondary N) is 2. The van der Waals surface area contributed by atoms with Crippen LogP contribution in [0.3, 0.4) is 0 Å². The van der Waals surface area contributed by atoms with Gasteiger partial charge in [-0.15, -0.1) is 0 Å². The minimum absolute atomic E-state index is 0.252. The van der Waals surface area contributed by atoms with E-state index >= 15 is 0 Å². The summed E-state index contributed by atoms with van der Waals surface area (Å²) in [5, 5.41) is 14.7. The fraction of sp³-hybridized carbons (Fsp3) is 0.500. The summed E-state index contributed by atoms with van der Waals surface area (Å²) < 4.78 is 18.2. The van der Waals surface area contributed by atoms with Gasteiger partial charge in [0, 0.05) is 24.4 Å². The average molecular weight is 282 g/mol. The Labute approximate surface area is 117 Å². The van der Waals surface area contributed by atoms with Gasteiger partial charge in [-0.25, -0.2) is 9.18 Å². The predicted octanol–water partition coefficient (Wildman–Crippen LogP) is 2.12. The number of urea groups is 1. The summed E-state index contributed by atoms with van der Waals surface area (Å²) in [5.41, 5.74) is 0.339. The molecule has 0 heterocycles. The van der Waals surface area contributed by atoms with Crippen LogP contribution < -0.4 is 15.4 Å². The minimum Gasteiger partial charge on any atom is -0.497 e. The van der Waals surface area contributed by atoms with Gasteiger partial charge in [-0.05, 0) is 31.2 Å². The van der Waals surface area contributed by atoms with Gasteiger partial charge >= 0.3 is 6.03 Å². The highest BCUT2D eigenvalue weighted by molar-refractivity contribution is 5.89. The maximum atomic E-state index is 13.3. The fourth-order valence-corrected chi connectivity index (χ4v) is 2.40. The number of carbonyl (C=O) groups is 1. The van der Waals surface area contributed by atoms with Crippen LogP contribution in [0.2, 0.25) is 0 Å². The van der Waals surface area contributed by atoms with Gasteiger partial charge in [0.05, 0.1) is 13.2 Å². The Hall–Kier alpha value is -1.82. The number of halogens is 1. The van der Waals surface area contributed by atoms with Gasteiger partial charge in [-0.2, -0.15) is 0 Å². The van der Waals surface area contributed by atoms with Crippen molar-refractivity contribution < 1.29 is 19.0 Å². The number of methoxy groups -OCH3 is 1. The van der Waals surface area contributed by atoms with Crippen molar-refractivity contribution in [2.75, 3.05) is 19.0 Å². The van der Waals surface area contributed by atoms with E-state index in [9.17, 15) is 14.3 Å². The first-order chi connectivity index (χ1) is 9.56. The molecule has 1 aliphatic carbocycles. The summed E-state index contributed by atoms with van der Waals surface area (Å²) in [7, 11) is 1.43. The molecule has 0 radical (unpaired) electrons. The molecular weight excluding hydrogens is 263 g/mol. The topological polar surface area (TPSA) is 70.6 Å². The third-order valence-electron chi connectivity index (χ3n) is 3.43. The predicted molar refractivity (Wildman–Crippen MR) is 73.3 cm³/mol. The lowest BCUT2D eigenvalue weighted by molar-refractivity contribution is 0.177. The molecule has 2 rings (SSSR count). The van der Waals surface area contributed by atoms with Gasteiger partial charge in [0.15, 0.2) is 0 Å². The number of ether oxygens (including phenoxy) is 1. The Morgan fingerprint density at radius 2 is 2.25 bits per heavy atom. The van der Waals surface area contributed by atoms with Crippen molar-refractivity contribution in [1.82, 2.24) is 5.32 Å². The Kier molecular flexibility index (Phi) is 4.79. The Bertz CT molecular complexity index is 481. The first-order valence-electron chi connectivity index (χ1n) is 6.64. The van der Waals surface area contributed by atoms with Crippen LogP contribution in [0, 0.1) is 11.7 Å². The molecule has 0 saturated heterocycles. The van der Waals surface area contributed by atoms with Crippen molar-refractivity contribution in [2.45, 2.75) is 25.4 Å². The number of amides is 2. The zero-order valence-electron chi connectivity index (χ0n) is 11.4. The highest BCUT2D eigenvalue weighted by Crippen LogP contribution is 2.24. The molecule has 0 bridgehead atoms. The molecule has 110 valence electrons. The van der Waals surface area contributed by atoms with Gasteiger partial charge < -0.3 is 20.5 Å². The highest BCUT2D eigenvalue weighted by Gasteiger charge is 2.22. The smallest absolute Gasteiger partial charge is 0.319 e. The second-order valence-electron chi connectivity index (χ2n) is 5.05. The number of aliphatic hydroxyl groups excluding tert-OH is 1. The first kappa shape index (κ1) is 14.6. The number of aliphatic hydroxyl groups is 1. The molecule has 1 aromatic carbocycles. The van der Waals surface area contributed by atoms with Crippen molar-refractivity contribution >= 4 is 11.7 Å². The largest absolute Gasteiger partial charge is 0.497 e. The van der Waals surface area contributed by atoms with Crippen LogP contribution in [0.1, 0.15) is 19.3 Å². The molecule has 1 aromatic rings. The van der Waals surface area contributed by atoms with E-state index in [-0.39, 0.29) is 12.1 Å². The van der Waals surface area contributed by atoms with Crippen molar-refractivity contribution in [2.24, 2.45) is 5.92 Å². The Morgan fingerprint density at radius 1 is 1.45 bits per heavy atom. The summed E-state index contributed by atoms with van der Waals surface area (Å²) in [6.07, 6.45) is 2.16. The fourth-order valence-electron chi connectivity index (χ4n) is 2.40. The number of rotatable bonds is 4. The van der Waals surface area contributed by atoms with E-state index in [1.54, 1.807) is 6.07 Å². The SMILES string of the molecule is COc1cc(F)cc(NC(=O)NC[C@H]2CC[C@@H](O)C2)c1. The first-order valence-corrected chi connectivity index (χ1v) is 6.64. The molecule has 0 aliphatic heterocycles. The normalized spacial score (nSPS) is 21.6. The third kappa shape index (κ3) is 4.09. The van der Waals surface area contributed by atoms with Gasteiger partial charge in [0.25, 0.3) is 0 Å². The van der Waals surface area contributed by atoms with E-state index in [1.165, 1.54) is 19.2 Å². The number of carbonyl (C=O) groups excluding carboxylic acids is 1. The van der Waals surface area contributed by atoms with Gasteiger partial charge in [-0.1, -0.05) is 0 Å². The van der Waals surface area contributed by atoms with E-state index in [0.717, 1.165) is 12.8 Å². The highest BCUT2D eigenvalue weighted by atomic mass is 19.1. The summed E-state index contributed by atoms with van der Waals surface area (Å²) in [4.78, 5) is 11.7. The van der Waals surface area contributed by atoms with Gasteiger partial charge in [0.1, 0.15) is 11.6 Å². The second-order valence-corrected chi connectivity index (χ2v) is 5.05. The quantitative estimate of drug-likeness (QED) is 0.792. The molecule has 0 aromatic heterocycles. The standard InChI is InChI=1S/C14H19FN2O3/c1-20-13-6-10(15)5-11(7-13)17-14(19)16-8-9-2-3-12(18)4-9/h5-7,9,12,18H,2-4,8H2,1H3,(H2,16,17,19)/t9-,12+/m0/s1. The van der Waals surface area contributed by atoms with E-state index < -0.39 is 5.82 Å². The van der Waals surface area contributed by atoms with Gasteiger partial charge in [-0.3, -0.25) is 0 Å². The van der Waals surface area contributed by atoms with Crippen molar-refractivity contribution in [3.05, 3.63) is 24.0 Å². The molecular formula is C14H19FN2O3. The van der Waals surface area contributed by atoms with Crippen LogP contribution in [0.15, 0.2) is 18.2 Å². The van der Waals surface area contributed by atoms with Crippen molar-refractivity contribution in [1.29, 1.82) is 0 Å². The Balaban J connectivity index is 1.83. The van der Waals surface area contributed by atoms with Crippen LogP contribution in [-0.4, -0.2) is 30.9 Å². The van der Waals surface area contributed by atoms with Crippen molar-refractivity contribution in [3.8, 4) is 5.75 Å². The second kappa shape index (κ2) is 6.56. The van der Waals surface area contributed by atoms with Crippen LogP contribution in [0.25, 0.3) is 0 Å². The molecule has 2 atom stereocenters. The molecule has 5 nitrogen and oxygen atoms in total.